The van der Waals surface area contributed by atoms with Gasteiger partial charge in [-0.2, -0.15) is 10.4 Å². The highest BCUT2D eigenvalue weighted by Crippen LogP contribution is 2.29. The molecule has 7 nitrogen and oxygen atoms in total. The molecule has 0 radical (unpaired) electrons. The Hall–Kier alpha value is -4.05. The van der Waals surface area contributed by atoms with E-state index in [1.165, 1.54) is 20.3 Å². The number of aromatic amines is 1. The number of carbonyl (C=O) groups excluding carboxylic acids is 1. The van der Waals surface area contributed by atoms with E-state index < -0.39 is 5.91 Å². The molecule has 0 saturated heterocycles. The Labute approximate surface area is 168 Å². The number of aryl methyl sites for hydroxylation is 1. The van der Waals surface area contributed by atoms with Gasteiger partial charge < -0.3 is 14.8 Å². The maximum Gasteiger partial charge on any atom is 0.266 e. The van der Waals surface area contributed by atoms with Gasteiger partial charge in [0, 0.05) is 17.2 Å². The Bertz CT molecular complexity index is 1090. The summed E-state index contributed by atoms with van der Waals surface area (Å²) in [5, 5.41) is 19.2. The lowest BCUT2D eigenvalue weighted by molar-refractivity contribution is -0.112. The van der Waals surface area contributed by atoms with Crippen molar-refractivity contribution in [1.82, 2.24) is 10.2 Å². The van der Waals surface area contributed by atoms with Gasteiger partial charge in [0.25, 0.3) is 5.91 Å². The average molecular weight is 388 g/mol. The van der Waals surface area contributed by atoms with Crippen molar-refractivity contribution in [3.63, 3.8) is 0 Å². The van der Waals surface area contributed by atoms with E-state index >= 15 is 0 Å². The lowest BCUT2D eigenvalue weighted by Gasteiger charge is -2.11. The third-order valence-electron chi connectivity index (χ3n) is 4.33. The molecule has 146 valence electrons. The maximum absolute atomic E-state index is 12.7. The number of methoxy groups -OCH3 is 2. The van der Waals surface area contributed by atoms with E-state index in [1.807, 2.05) is 37.3 Å². The average Bonchev–Trinajstić information content (AvgIpc) is 3.20. The van der Waals surface area contributed by atoms with Crippen LogP contribution in [0.3, 0.4) is 0 Å². The first-order chi connectivity index (χ1) is 14.0. The van der Waals surface area contributed by atoms with Gasteiger partial charge in [-0.15, -0.1) is 0 Å². The zero-order chi connectivity index (χ0) is 20.8. The molecule has 0 atom stereocenters. The van der Waals surface area contributed by atoms with Gasteiger partial charge in [-0.05, 0) is 25.1 Å². The van der Waals surface area contributed by atoms with Crippen LogP contribution >= 0.6 is 0 Å². The molecular weight excluding hydrogens is 368 g/mol. The summed E-state index contributed by atoms with van der Waals surface area (Å²) in [6.07, 6.45) is 3.08. The SMILES string of the molecule is COc1ccc(OC)c(NC(=O)C(C#N)=Cc2cn[nH]c2-c2ccc(C)cc2)c1. The fourth-order valence-corrected chi connectivity index (χ4v) is 2.76. The fourth-order valence-electron chi connectivity index (χ4n) is 2.76. The van der Waals surface area contributed by atoms with Crippen molar-refractivity contribution in [2.24, 2.45) is 0 Å². The van der Waals surface area contributed by atoms with E-state index in [4.69, 9.17) is 9.47 Å². The van der Waals surface area contributed by atoms with Gasteiger partial charge in [0.2, 0.25) is 0 Å². The highest BCUT2D eigenvalue weighted by Gasteiger charge is 2.15. The lowest BCUT2D eigenvalue weighted by atomic mass is 10.0. The van der Waals surface area contributed by atoms with Crippen LogP contribution in [0.1, 0.15) is 11.1 Å². The fraction of sp³-hybridized carbons (Fsp3) is 0.136. The smallest absolute Gasteiger partial charge is 0.266 e. The molecule has 1 aromatic heterocycles. The summed E-state index contributed by atoms with van der Waals surface area (Å²) in [4.78, 5) is 12.7. The second-order valence-electron chi connectivity index (χ2n) is 6.26. The van der Waals surface area contributed by atoms with E-state index in [0.29, 0.717) is 22.7 Å². The summed E-state index contributed by atoms with van der Waals surface area (Å²) in [6, 6.07) is 14.8. The Kier molecular flexibility index (Phi) is 5.95. The summed E-state index contributed by atoms with van der Waals surface area (Å²) in [5.74, 6) is 0.454. The molecule has 3 aromatic rings. The predicted molar refractivity (Wildman–Crippen MR) is 111 cm³/mol. The summed E-state index contributed by atoms with van der Waals surface area (Å²) >= 11 is 0. The zero-order valence-corrected chi connectivity index (χ0v) is 16.3. The summed E-state index contributed by atoms with van der Waals surface area (Å²) < 4.78 is 10.4. The number of rotatable bonds is 6. The molecule has 3 rings (SSSR count). The quantitative estimate of drug-likeness (QED) is 0.492. The normalized spacial score (nSPS) is 10.9. The number of nitriles is 1. The molecule has 0 aliphatic carbocycles. The minimum absolute atomic E-state index is 0.0652. The molecule has 0 aliphatic rings. The molecule has 0 unspecified atom stereocenters. The molecule has 0 aliphatic heterocycles. The number of carbonyl (C=O) groups is 1. The van der Waals surface area contributed by atoms with Gasteiger partial charge in [0.1, 0.15) is 23.1 Å². The van der Waals surface area contributed by atoms with Crippen LogP contribution < -0.4 is 14.8 Å². The minimum atomic E-state index is -0.560. The third-order valence-corrected chi connectivity index (χ3v) is 4.33. The van der Waals surface area contributed by atoms with Crippen molar-refractivity contribution in [1.29, 1.82) is 5.26 Å². The number of anilines is 1. The van der Waals surface area contributed by atoms with E-state index in [1.54, 1.807) is 24.4 Å². The molecule has 29 heavy (non-hydrogen) atoms. The summed E-state index contributed by atoms with van der Waals surface area (Å²) in [7, 11) is 3.03. The molecule has 2 N–H and O–H groups in total. The Balaban J connectivity index is 1.90. The van der Waals surface area contributed by atoms with E-state index in [0.717, 1.165) is 16.8 Å². The first kappa shape index (κ1) is 19.7. The summed E-state index contributed by atoms with van der Waals surface area (Å²) in [6.45, 7) is 2.00. The number of nitrogens with zero attached hydrogens (tertiary/aromatic N) is 2. The Morgan fingerprint density at radius 1 is 1.17 bits per heavy atom. The zero-order valence-electron chi connectivity index (χ0n) is 16.3. The van der Waals surface area contributed by atoms with Crippen LogP contribution in [0, 0.1) is 18.3 Å². The van der Waals surface area contributed by atoms with E-state index in [-0.39, 0.29) is 5.57 Å². The first-order valence-electron chi connectivity index (χ1n) is 8.81. The second kappa shape index (κ2) is 8.76. The molecular formula is C22H20N4O3. The molecule has 1 heterocycles. The minimum Gasteiger partial charge on any atom is -0.497 e. The molecule has 7 heteroatoms. The van der Waals surface area contributed by atoms with Crippen molar-refractivity contribution >= 4 is 17.7 Å². The van der Waals surface area contributed by atoms with Crippen molar-refractivity contribution < 1.29 is 14.3 Å². The largest absolute Gasteiger partial charge is 0.497 e. The molecule has 0 spiro atoms. The van der Waals surface area contributed by atoms with Gasteiger partial charge in [-0.1, -0.05) is 29.8 Å². The van der Waals surface area contributed by atoms with Gasteiger partial charge in [-0.3, -0.25) is 9.89 Å². The van der Waals surface area contributed by atoms with Crippen LogP contribution in [0.5, 0.6) is 11.5 Å². The van der Waals surface area contributed by atoms with Crippen molar-refractivity contribution in [2.45, 2.75) is 6.92 Å². The molecule has 1 amide bonds. The number of H-pyrrole nitrogens is 1. The van der Waals surface area contributed by atoms with Crippen LogP contribution in [-0.4, -0.2) is 30.3 Å². The van der Waals surface area contributed by atoms with E-state index in [9.17, 15) is 10.1 Å². The topological polar surface area (TPSA) is 100 Å². The highest BCUT2D eigenvalue weighted by molar-refractivity contribution is 6.10. The standard InChI is InChI=1S/C22H20N4O3/c1-14-4-6-15(7-5-14)21-17(13-24-26-21)10-16(12-23)22(27)25-19-11-18(28-2)8-9-20(19)29-3/h4-11,13H,1-3H3,(H,24,26)(H,25,27). The van der Waals surface area contributed by atoms with Crippen molar-refractivity contribution in [3.8, 4) is 28.8 Å². The first-order valence-corrected chi connectivity index (χ1v) is 8.81. The molecule has 0 saturated carbocycles. The van der Waals surface area contributed by atoms with Gasteiger partial charge >= 0.3 is 0 Å². The Morgan fingerprint density at radius 2 is 1.93 bits per heavy atom. The van der Waals surface area contributed by atoms with Crippen LogP contribution in [-0.2, 0) is 4.79 Å². The van der Waals surface area contributed by atoms with Crippen molar-refractivity contribution in [2.75, 3.05) is 19.5 Å². The van der Waals surface area contributed by atoms with Crippen LogP contribution in [0.4, 0.5) is 5.69 Å². The van der Waals surface area contributed by atoms with Crippen LogP contribution in [0.2, 0.25) is 0 Å². The van der Waals surface area contributed by atoms with Crippen LogP contribution in [0.15, 0.2) is 54.2 Å². The van der Waals surface area contributed by atoms with Crippen molar-refractivity contribution in [3.05, 3.63) is 65.4 Å². The Morgan fingerprint density at radius 3 is 2.59 bits per heavy atom. The predicted octanol–water partition coefficient (Wildman–Crippen LogP) is 3.95. The summed E-state index contributed by atoms with van der Waals surface area (Å²) in [5.41, 5.74) is 3.75. The number of aromatic nitrogens is 2. The number of ether oxygens (including phenoxy) is 2. The maximum atomic E-state index is 12.7. The van der Waals surface area contributed by atoms with E-state index in [2.05, 4.69) is 15.5 Å². The number of hydrogen-bond donors (Lipinski definition) is 2. The monoisotopic (exact) mass is 388 g/mol. The molecule has 0 fully saturated rings. The number of amides is 1. The number of hydrogen-bond acceptors (Lipinski definition) is 5. The number of nitrogens with one attached hydrogen (secondary N) is 2. The van der Waals surface area contributed by atoms with Gasteiger partial charge in [0.15, 0.2) is 0 Å². The second-order valence-corrected chi connectivity index (χ2v) is 6.26. The van der Waals surface area contributed by atoms with Crippen LogP contribution in [0.25, 0.3) is 17.3 Å². The van der Waals surface area contributed by atoms with Gasteiger partial charge in [-0.25, -0.2) is 0 Å². The van der Waals surface area contributed by atoms with Gasteiger partial charge in [0.05, 0.1) is 31.8 Å². The molecule has 0 bridgehead atoms. The lowest BCUT2D eigenvalue weighted by Crippen LogP contribution is -2.14. The number of benzene rings is 2. The third kappa shape index (κ3) is 4.45. The molecule has 2 aromatic carbocycles. The highest BCUT2D eigenvalue weighted by atomic mass is 16.5.